The third-order valence-electron chi connectivity index (χ3n) is 6.55. The average molecular weight is 404 g/mol. The summed E-state index contributed by atoms with van der Waals surface area (Å²) in [7, 11) is 1.72. The second kappa shape index (κ2) is 8.07. The van der Waals surface area contributed by atoms with Gasteiger partial charge < -0.3 is 24.7 Å². The summed E-state index contributed by atoms with van der Waals surface area (Å²) in [6.45, 7) is 3.43. The number of H-pyrrole nitrogens is 2. The lowest BCUT2D eigenvalue weighted by atomic mass is 9.93. The average Bonchev–Trinajstić information content (AvgIpc) is 3.37. The van der Waals surface area contributed by atoms with E-state index in [9.17, 15) is 5.11 Å². The normalized spacial score (nSPS) is 15.9. The lowest BCUT2D eigenvalue weighted by Crippen LogP contribution is -2.33. The molecule has 0 bridgehead atoms. The summed E-state index contributed by atoms with van der Waals surface area (Å²) in [6, 6.07) is 14.0. The molecule has 5 heteroatoms. The molecule has 2 aromatic heterocycles. The van der Waals surface area contributed by atoms with E-state index in [0.29, 0.717) is 11.7 Å². The van der Waals surface area contributed by atoms with Crippen LogP contribution in [0.25, 0.3) is 21.8 Å². The van der Waals surface area contributed by atoms with Gasteiger partial charge in [0.2, 0.25) is 0 Å². The molecule has 5 nitrogen and oxygen atoms in total. The maximum absolute atomic E-state index is 9.69. The lowest BCUT2D eigenvalue weighted by Gasteiger charge is -2.31. The van der Waals surface area contributed by atoms with Gasteiger partial charge in [0.05, 0.1) is 7.11 Å². The Balaban J connectivity index is 1.15. The van der Waals surface area contributed by atoms with Gasteiger partial charge in [0, 0.05) is 39.6 Å². The van der Waals surface area contributed by atoms with Gasteiger partial charge in [-0.25, -0.2) is 0 Å². The van der Waals surface area contributed by atoms with Gasteiger partial charge in [-0.1, -0.05) is 0 Å². The number of aromatic nitrogens is 2. The van der Waals surface area contributed by atoms with E-state index < -0.39 is 0 Å². The Labute approximate surface area is 176 Å². The van der Waals surface area contributed by atoms with Crippen molar-refractivity contribution in [2.75, 3.05) is 26.7 Å². The molecule has 0 spiro atoms. The number of phenolic OH excluding ortho intramolecular Hbond substituents is 1. The van der Waals surface area contributed by atoms with Crippen molar-refractivity contribution < 1.29 is 9.84 Å². The van der Waals surface area contributed by atoms with Crippen LogP contribution in [0.4, 0.5) is 0 Å². The monoisotopic (exact) mass is 403 g/mol. The number of methoxy groups -OCH3 is 1. The van der Waals surface area contributed by atoms with Crippen LogP contribution in [-0.2, 0) is 6.42 Å². The van der Waals surface area contributed by atoms with Crippen LogP contribution in [0.3, 0.4) is 0 Å². The van der Waals surface area contributed by atoms with E-state index in [1.807, 2.05) is 18.2 Å². The number of aryl methyl sites for hydroxylation is 1. The highest BCUT2D eigenvalue weighted by Gasteiger charge is 2.22. The number of benzene rings is 2. The Hall–Kier alpha value is -2.92. The zero-order chi connectivity index (χ0) is 20.5. The molecule has 156 valence electrons. The Kier molecular flexibility index (Phi) is 5.13. The molecule has 0 unspecified atom stereocenters. The van der Waals surface area contributed by atoms with Crippen molar-refractivity contribution >= 4 is 21.8 Å². The predicted molar refractivity (Wildman–Crippen MR) is 122 cm³/mol. The standard InChI is InChI=1S/C25H29N3O2/c1-30-21-5-7-24-22(15-21)18(16-26-24)3-2-10-28-11-8-17(9-12-28)25-14-19-13-20(29)4-6-23(19)27-25/h4-7,13-17,26-27,29H,2-3,8-12H2,1H3. The number of nitrogens with zero attached hydrogens (tertiary/aromatic N) is 1. The van der Waals surface area contributed by atoms with Crippen LogP contribution in [0.15, 0.2) is 48.7 Å². The van der Waals surface area contributed by atoms with E-state index in [0.717, 1.165) is 42.7 Å². The SMILES string of the molecule is COc1ccc2[nH]cc(CCCN3CCC(c4cc5cc(O)ccc5[nH]4)CC3)c2c1. The highest BCUT2D eigenvalue weighted by atomic mass is 16.5. The molecule has 0 atom stereocenters. The van der Waals surface area contributed by atoms with Crippen LogP contribution in [0, 0.1) is 0 Å². The van der Waals surface area contributed by atoms with Gasteiger partial charge in [0.15, 0.2) is 0 Å². The molecule has 1 aliphatic rings. The fourth-order valence-electron chi connectivity index (χ4n) is 4.81. The van der Waals surface area contributed by atoms with Crippen molar-refractivity contribution in [3.63, 3.8) is 0 Å². The van der Waals surface area contributed by atoms with Crippen molar-refractivity contribution in [3.8, 4) is 11.5 Å². The number of rotatable bonds is 6. The molecule has 3 N–H and O–H groups in total. The number of hydrogen-bond acceptors (Lipinski definition) is 3. The zero-order valence-electron chi connectivity index (χ0n) is 17.4. The Bertz CT molecular complexity index is 1150. The van der Waals surface area contributed by atoms with Crippen molar-refractivity contribution in [2.24, 2.45) is 0 Å². The summed E-state index contributed by atoms with van der Waals surface area (Å²) in [5.41, 5.74) is 4.97. The maximum Gasteiger partial charge on any atom is 0.119 e. The number of piperidine rings is 1. The van der Waals surface area contributed by atoms with Gasteiger partial charge in [-0.2, -0.15) is 0 Å². The van der Waals surface area contributed by atoms with E-state index in [1.54, 1.807) is 13.2 Å². The van der Waals surface area contributed by atoms with Gasteiger partial charge >= 0.3 is 0 Å². The van der Waals surface area contributed by atoms with Gasteiger partial charge in [0.25, 0.3) is 0 Å². The first-order chi connectivity index (χ1) is 14.7. The number of fused-ring (bicyclic) bond motifs is 2. The van der Waals surface area contributed by atoms with Crippen LogP contribution >= 0.6 is 0 Å². The van der Waals surface area contributed by atoms with Crippen molar-refractivity contribution in [1.82, 2.24) is 14.9 Å². The minimum absolute atomic E-state index is 0.330. The quantitative estimate of drug-likeness (QED) is 0.416. The topological polar surface area (TPSA) is 64.3 Å². The lowest BCUT2D eigenvalue weighted by molar-refractivity contribution is 0.209. The number of likely N-dealkylation sites (tertiary alicyclic amines) is 1. The molecule has 30 heavy (non-hydrogen) atoms. The molecule has 5 rings (SSSR count). The number of hydrogen-bond donors (Lipinski definition) is 3. The minimum Gasteiger partial charge on any atom is -0.508 e. The summed E-state index contributed by atoms with van der Waals surface area (Å²) in [5, 5.41) is 12.1. The molecule has 1 fully saturated rings. The van der Waals surface area contributed by atoms with E-state index in [-0.39, 0.29) is 0 Å². The highest BCUT2D eigenvalue weighted by molar-refractivity contribution is 5.84. The van der Waals surface area contributed by atoms with Crippen LogP contribution in [0.2, 0.25) is 0 Å². The molecule has 0 saturated carbocycles. The van der Waals surface area contributed by atoms with E-state index in [2.05, 4.69) is 39.3 Å². The molecule has 3 heterocycles. The van der Waals surface area contributed by atoms with Gasteiger partial charge in [-0.15, -0.1) is 0 Å². The van der Waals surface area contributed by atoms with Gasteiger partial charge in [-0.05, 0) is 93.3 Å². The Morgan fingerprint density at radius 3 is 2.73 bits per heavy atom. The first kappa shape index (κ1) is 19.1. The van der Waals surface area contributed by atoms with Gasteiger partial charge in [-0.3, -0.25) is 0 Å². The first-order valence-corrected chi connectivity index (χ1v) is 10.9. The second-order valence-corrected chi connectivity index (χ2v) is 8.44. The minimum atomic E-state index is 0.330. The van der Waals surface area contributed by atoms with Gasteiger partial charge in [0.1, 0.15) is 11.5 Å². The number of ether oxygens (including phenoxy) is 1. The third-order valence-corrected chi connectivity index (χ3v) is 6.55. The van der Waals surface area contributed by atoms with Crippen LogP contribution < -0.4 is 4.74 Å². The second-order valence-electron chi connectivity index (χ2n) is 8.44. The fraction of sp³-hybridized carbons (Fsp3) is 0.360. The molecule has 0 aliphatic carbocycles. The smallest absolute Gasteiger partial charge is 0.119 e. The van der Waals surface area contributed by atoms with E-state index in [1.165, 1.54) is 41.4 Å². The number of nitrogens with one attached hydrogen (secondary N) is 2. The third kappa shape index (κ3) is 3.77. The zero-order valence-corrected chi connectivity index (χ0v) is 17.4. The summed E-state index contributed by atoms with van der Waals surface area (Å²) in [4.78, 5) is 9.53. The highest BCUT2D eigenvalue weighted by Crippen LogP contribution is 2.31. The van der Waals surface area contributed by atoms with E-state index >= 15 is 0 Å². The van der Waals surface area contributed by atoms with Crippen LogP contribution in [-0.4, -0.2) is 46.7 Å². The predicted octanol–water partition coefficient (Wildman–Crippen LogP) is 5.18. The van der Waals surface area contributed by atoms with E-state index in [4.69, 9.17) is 4.74 Å². The molecule has 0 amide bonds. The Morgan fingerprint density at radius 1 is 1.07 bits per heavy atom. The van der Waals surface area contributed by atoms with Crippen molar-refractivity contribution in [2.45, 2.75) is 31.6 Å². The molecular weight excluding hydrogens is 374 g/mol. The summed E-state index contributed by atoms with van der Waals surface area (Å²) < 4.78 is 5.38. The summed E-state index contributed by atoms with van der Waals surface area (Å²) in [5.74, 6) is 1.83. The van der Waals surface area contributed by atoms with Crippen LogP contribution in [0.1, 0.15) is 36.4 Å². The Morgan fingerprint density at radius 2 is 1.90 bits per heavy atom. The maximum atomic E-state index is 9.69. The first-order valence-electron chi connectivity index (χ1n) is 10.9. The van der Waals surface area contributed by atoms with Crippen molar-refractivity contribution in [1.29, 1.82) is 0 Å². The molecule has 1 aliphatic heterocycles. The van der Waals surface area contributed by atoms with Crippen molar-refractivity contribution in [3.05, 3.63) is 59.9 Å². The largest absolute Gasteiger partial charge is 0.508 e. The molecule has 2 aromatic carbocycles. The summed E-state index contributed by atoms with van der Waals surface area (Å²) >= 11 is 0. The number of aromatic amines is 2. The molecule has 1 saturated heterocycles. The fourth-order valence-corrected chi connectivity index (χ4v) is 4.81. The van der Waals surface area contributed by atoms with Crippen LogP contribution in [0.5, 0.6) is 11.5 Å². The molecule has 4 aromatic rings. The molecule has 0 radical (unpaired) electrons. The number of aromatic hydroxyl groups is 1. The molecular formula is C25H29N3O2. The summed E-state index contributed by atoms with van der Waals surface area (Å²) in [6.07, 6.45) is 6.76. The number of phenols is 1.